The first-order valence-electron chi connectivity index (χ1n) is 9.74. The van der Waals surface area contributed by atoms with Gasteiger partial charge < -0.3 is 15.2 Å². The van der Waals surface area contributed by atoms with Crippen molar-refractivity contribution in [2.75, 3.05) is 12.4 Å². The number of ether oxygens (including phenoxy) is 1. The molecular weight excluding hydrogens is 424 g/mol. The number of nitrogens with one attached hydrogen (secondary N) is 1. The SMILES string of the molecule is [C-]#[N+]c1ccc(-c2c(C)nn(-c3ccccc3C)c2Nc2ccc(OC)cc2C(=O)O)s1. The Balaban J connectivity index is 1.95. The summed E-state index contributed by atoms with van der Waals surface area (Å²) in [5.41, 5.74) is 3.97. The van der Waals surface area contributed by atoms with E-state index in [0.717, 1.165) is 27.4 Å². The van der Waals surface area contributed by atoms with Gasteiger partial charge in [-0.25, -0.2) is 14.3 Å². The minimum atomic E-state index is -1.07. The number of anilines is 2. The highest BCUT2D eigenvalue weighted by molar-refractivity contribution is 7.19. The molecule has 0 saturated heterocycles. The van der Waals surface area contributed by atoms with Crippen LogP contribution in [0.15, 0.2) is 54.6 Å². The molecule has 4 aromatic rings. The predicted molar refractivity (Wildman–Crippen MR) is 126 cm³/mol. The molecule has 8 heteroatoms. The van der Waals surface area contributed by atoms with E-state index < -0.39 is 5.97 Å². The van der Waals surface area contributed by atoms with Gasteiger partial charge in [-0.05, 0) is 49.7 Å². The number of hydrogen-bond acceptors (Lipinski definition) is 5. The number of hydrogen-bond donors (Lipinski definition) is 2. The monoisotopic (exact) mass is 444 g/mol. The molecule has 0 saturated carbocycles. The molecule has 0 aliphatic heterocycles. The standard InChI is InChI=1S/C24H20N4O3S/c1-14-7-5-6-8-19(14)28-23(22(15(2)27-28)20-11-12-21(25-3)32-20)26-18-10-9-16(31-4)13-17(18)24(29)30/h5-13,26H,1-2,4H3,(H,29,30). The molecule has 2 N–H and O–H groups in total. The lowest BCUT2D eigenvalue weighted by Crippen LogP contribution is -2.08. The third-order valence-corrected chi connectivity index (χ3v) is 6.06. The van der Waals surface area contributed by atoms with Crippen LogP contribution in [0.1, 0.15) is 21.6 Å². The van der Waals surface area contributed by atoms with Crippen molar-refractivity contribution in [2.45, 2.75) is 13.8 Å². The van der Waals surface area contributed by atoms with Crippen LogP contribution >= 0.6 is 11.3 Å². The number of rotatable bonds is 6. The number of methoxy groups -OCH3 is 1. The van der Waals surface area contributed by atoms with E-state index in [9.17, 15) is 9.90 Å². The van der Waals surface area contributed by atoms with Gasteiger partial charge in [0.05, 0.1) is 41.9 Å². The van der Waals surface area contributed by atoms with E-state index in [-0.39, 0.29) is 5.56 Å². The fourth-order valence-corrected chi connectivity index (χ4v) is 4.39. The molecule has 4 rings (SSSR count). The van der Waals surface area contributed by atoms with Crippen LogP contribution in [0.5, 0.6) is 5.75 Å². The van der Waals surface area contributed by atoms with Crippen molar-refractivity contribution in [3.05, 3.63) is 82.8 Å². The highest BCUT2D eigenvalue weighted by Crippen LogP contribution is 2.42. The quantitative estimate of drug-likeness (QED) is 0.345. The van der Waals surface area contributed by atoms with E-state index in [1.165, 1.54) is 24.5 Å². The second kappa shape index (κ2) is 8.57. The van der Waals surface area contributed by atoms with Gasteiger partial charge in [0.15, 0.2) is 0 Å². The zero-order chi connectivity index (χ0) is 22.8. The number of carboxylic acids is 1. The molecule has 160 valence electrons. The fraction of sp³-hybridized carbons (Fsp3) is 0.125. The zero-order valence-electron chi connectivity index (χ0n) is 17.7. The van der Waals surface area contributed by atoms with Crippen molar-refractivity contribution in [1.82, 2.24) is 9.78 Å². The molecule has 0 radical (unpaired) electrons. The van der Waals surface area contributed by atoms with Crippen molar-refractivity contribution in [3.63, 3.8) is 0 Å². The second-order valence-electron chi connectivity index (χ2n) is 7.10. The first-order chi connectivity index (χ1) is 15.4. The molecule has 2 heterocycles. The topological polar surface area (TPSA) is 80.7 Å². The summed E-state index contributed by atoms with van der Waals surface area (Å²) >= 11 is 1.37. The van der Waals surface area contributed by atoms with Gasteiger partial charge in [-0.2, -0.15) is 16.4 Å². The molecule has 0 spiro atoms. The number of thiophene rings is 1. The normalized spacial score (nSPS) is 10.6. The van der Waals surface area contributed by atoms with Crippen LogP contribution in [0, 0.1) is 20.4 Å². The van der Waals surface area contributed by atoms with Crippen LogP contribution in [-0.2, 0) is 0 Å². The molecule has 0 bridgehead atoms. The lowest BCUT2D eigenvalue weighted by Gasteiger charge is -2.15. The van der Waals surface area contributed by atoms with Gasteiger partial charge in [-0.15, -0.1) is 0 Å². The van der Waals surface area contributed by atoms with Crippen LogP contribution in [-0.4, -0.2) is 28.0 Å². The van der Waals surface area contributed by atoms with E-state index in [4.69, 9.17) is 16.4 Å². The first-order valence-corrected chi connectivity index (χ1v) is 10.6. The molecule has 2 aromatic heterocycles. The summed E-state index contributed by atoms with van der Waals surface area (Å²) in [7, 11) is 1.49. The third-order valence-electron chi connectivity index (χ3n) is 5.06. The fourth-order valence-electron chi connectivity index (χ4n) is 3.50. The summed E-state index contributed by atoms with van der Waals surface area (Å²) in [6, 6.07) is 16.4. The number of carbonyl (C=O) groups is 1. The Morgan fingerprint density at radius 3 is 2.62 bits per heavy atom. The van der Waals surface area contributed by atoms with Gasteiger partial charge in [0.2, 0.25) is 5.00 Å². The average Bonchev–Trinajstić information content (AvgIpc) is 3.38. The van der Waals surface area contributed by atoms with E-state index in [0.29, 0.717) is 22.3 Å². The molecule has 32 heavy (non-hydrogen) atoms. The molecule has 7 nitrogen and oxygen atoms in total. The Morgan fingerprint density at radius 1 is 1.19 bits per heavy atom. The van der Waals surface area contributed by atoms with Gasteiger partial charge in [-0.3, -0.25) is 0 Å². The Kier molecular flexibility index (Phi) is 5.67. The summed E-state index contributed by atoms with van der Waals surface area (Å²) in [6.45, 7) is 11.2. The number of para-hydroxylation sites is 1. The van der Waals surface area contributed by atoms with Crippen LogP contribution in [0.2, 0.25) is 0 Å². The minimum Gasteiger partial charge on any atom is -0.497 e. The number of benzene rings is 2. The van der Waals surface area contributed by atoms with Crippen LogP contribution in [0.4, 0.5) is 16.5 Å². The van der Waals surface area contributed by atoms with Crippen LogP contribution in [0.25, 0.3) is 21.0 Å². The van der Waals surface area contributed by atoms with Crippen molar-refractivity contribution in [2.24, 2.45) is 0 Å². The first kappa shape index (κ1) is 21.2. The predicted octanol–water partition coefficient (Wildman–Crippen LogP) is 6.22. The molecule has 0 unspecified atom stereocenters. The molecule has 2 aromatic carbocycles. The maximum absolute atomic E-state index is 11.9. The van der Waals surface area contributed by atoms with Crippen molar-refractivity contribution in [3.8, 4) is 21.9 Å². The molecule has 0 aliphatic carbocycles. The molecular formula is C24H20N4O3S. The van der Waals surface area contributed by atoms with Gasteiger partial charge in [0, 0.05) is 4.88 Å². The van der Waals surface area contributed by atoms with Crippen molar-refractivity contribution < 1.29 is 14.6 Å². The molecule has 0 fully saturated rings. The van der Waals surface area contributed by atoms with Crippen LogP contribution in [0.3, 0.4) is 0 Å². The largest absolute Gasteiger partial charge is 0.497 e. The Labute approximate surface area is 189 Å². The summed E-state index contributed by atoms with van der Waals surface area (Å²) < 4.78 is 6.98. The third kappa shape index (κ3) is 3.82. The lowest BCUT2D eigenvalue weighted by molar-refractivity contribution is 0.0697. The van der Waals surface area contributed by atoms with E-state index in [2.05, 4.69) is 10.2 Å². The second-order valence-corrected chi connectivity index (χ2v) is 8.16. The number of aromatic nitrogens is 2. The molecule has 0 amide bonds. The van der Waals surface area contributed by atoms with Crippen LogP contribution < -0.4 is 10.1 Å². The Morgan fingerprint density at radius 2 is 1.97 bits per heavy atom. The van der Waals surface area contributed by atoms with Crippen molar-refractivity contribution in [1.29, 1.82) is 0 Å². The molecule has 0 atom stereocenters. The maximum Gasteiger partial charge on any atom is 0.337 e. The highest BCUT2D eigenvalue weighted by atomic mass is 32.1. The number of aryl methyl sites for hydroxylation is 2. The number of nitrogens with zero attached hydrogens (tertiary/aromatic N) is 3. The van der Waals surface area contributed by atoms with E-state index >= 15 is 0 Å². The van der Waals surface area contributed by atoms with Gasteiger partial charge in [0.1, 0.15) is 11.6 Å². The minimum absolute atomic E-state index is 0.0820. The van der Waals surface area contributed by atoms with E-state index in [1.807, 2.05) is 44.2 Å². The Hall–Kier alpha value is -4.09. The number of carboxylic acid groups (broad SMARTS) is 1. The van der Waals surface area contributed by atoms with Gasteiger partial charge in [0.25, 0.3) is 0 Å². The molecule has 0 aliphatic rings. The number of aromatic carboxylic acids is 1. The van der Waals surface area contributed by atoms with Gasteiger partial charge in [-0.1, -0.05) is 24.3 Å². The Bertz CT molecular complexity index is 1360. The summed E-state index contributed by atoms with van der Waals surface area (Å²) in [4.78, 5) is 16.3. The smallest absolute Gasteiger partial charge is 0.337 e. The summed E-state index contributed by atoms with van der Waals surface area (Å²) in [6.07, 6.45) is 0. The maximum atomic E-state index is 11.9. The van der Waals surface area contributed by atoms with Gasteiger partial charge >= 0.3 is 5.97 Å². The van der Waals surface area contributed by atoms with E-state index in [1.54, 1.807) is 22.9 Å². The zero-order valence-corrected chi connectivity index (χ0v) is 18.5. The summed E-state index contributed by atoms with van der Waals surface area (Å²) in [5, 5.41) is 18.4. The lowest BCUT2D eigenvalue weighted by atomic mass is 10.1. The summed E-state index contributed by atoms with van der Waals surface area (Å²) in [5.74, 6) is 0.0117. The highest BCUT2D eigenvalue weighted by Gasteiger charge is 2.22. The average molecular weight is 445 g/mol. The van der Waals surface area contributed by atoms with Crippen molar-refractivity contribution >= 4 is 33.8 Å².